The summed E-state index contributed by atoms with van der Waals surface area (Å²) in [6.07, 6.45) is -0.0383. The predicted molar refractivity (Wildman–Crippen MR) is 100.0 cm³/mol. The average Bonchev–Trinajstić information content (AvgIpc) is 2.56. The van der Waals surface area contributed by atoms with Gasteiger partial charge in [0.2, 0.25) is 5.91 Å². The molecule has 0 bridgehead atoms. The zero-order valence-electron chi connectivity index (χ0n) is 14.0. The van der Waals surface area contributed by atoms with Gasteiger partial charge in [-0.1, -0.05) is 30.3 Å². The third-order valence-corrected chi connectivity index (χ3v) is 4.52. The highest BCUT2D eigenvalue weighted by molar-refractivity contribution is 5.85. The number of nitrogens with zero attached hydrogens (tertiary/aromatic N) is 2. The van der Waals surface area contributed by atoms with Crippen LogP contribution < -0.4 is 5.32 Å². The highest BCUT2D eigenvalue weighted by Crippen LogP contribution is 2.12. The number of morpholine rings is 1. The number of hydrogen-bond acceptors (Lipinski definition) is 4. The molecule has 2 heterocycles. The van der Waals surface area contributed by atoms with Crippen LogP contribution in [0.3, 0.4) is 0 Å². The number of rotatable bonds is 3. The summed E-state index contributed by atoms with van der Waals surface area (Å²) >= 11 is 0. The Morgan fingerprint density at radius 2 is 1.83 bits per heavy atom. The fourth-order valence-corrected chi connectivity index (χ4v) is 3.17. The molecule has 0 saturated carbocycles. The number of piperazine rings is 1. The number of amides is 1. The molecule has 0 aliphatic carbocycles. The van der Waals surface area contributed by atoms with Gasteiger partial charge in [0.1, 0.15) is 6.04 Å². The lowest BCUT2D eigenvalue weighted by atomic mass is 10.1. The Hall–Kier alpha value is -0.850. The van der Waals surface area contributed by atoms with E-state index >= 15 is 0 Å². The molecule has 2 atom stereocenters. The van der Waals surface area contributed by atoms with E-state index < -0.39 is 0 Å². The van der Waals surface area contributed by atoms with Crippen molar-refractivity contribution in [3.05, 3.63) is 35.9 Å². The highest BCUT2D eigenvalue weighted by Gasteiger charge is 2.33. The van der Waals surface area contributed by atoms with E-state index in [1.165, 1.54) is 5.56 Å². The molecule has 3 rings (SSSR count). The van der Waals surface area contributed by atoms with Gasteiger partial charge in [-0.25, -0.2) is 0 Å². The Balaban J connectivity index is 0.00000144. The molecule has 5 nitrogen and oxygen atoms in total. The van der Waals surface area contributed by atoms with Crippen LogP contribution in [-0.4, -0.2) is 67.2 Å². The number of hydrogen-bond donors (Lipinski definition) is 1. The smallest absolute Gasteiger partial charge is 0.242 e. The SMILES string of the molecule is C[C@H]1OCCN[C@@H]1C(=O)N1CCN(Cc2ccccc2)CC1.Cl.Cl. The van der Waals surface area contributed by atoms with Gasteiger partial charge in [0.05, 0.1) is 12.7 Å². The van der Waals surface area contributed by atoms with Crippen molar-refractivity contribution in [2.75, 3.05) is 39.3 Å². The summed E-state index contributed by atoms with van der Waals surface area (Å²) in [6, 6.07) is 10.3. The lowest BCUT2D eigenvalue weighted by Gasteiger charge is -2.38. The fraction of sp³-hybridized carbons (Fsp3) is 0.588. The second kappa shape index (κ2) is 10.2. The van der Waals surface area contributed by atoms with Gasteiger partial charge in [0, 0.05) is 39.3 Å². The molecule has 136 valence electrons. The van der Waals surface area contributed by atoms with Crippen molar-refractivity contribution in [1.29, 1.82) is 0 Å². The van der Waals surface area contributed by atoms with Crippen LogP contribution in [0, 0.1) is 0 Å². The summed E-state index contributed by atoms with van der Waals surface area (Å²) in [4.78, 5) is 17.0. The van der Waals surface area contributed by atoms with E-state index in [-0.39, 0.29) is 42.9 Å². The van der Waals surface area contributed by atoms with Crippen molar-refractivity contribution in [2.45, 2.75) is 25.6 Å². The predicted octanol–water partition coefficient (Wildman–Crippen LogP) is 1.55. The topological polar surface area (TPSA) is 44.8 Å². The molecular weight excluding hydrogens is 349 g/mol. The van der Waals surface area contributed by atoms with Crippen LogP contribution in [0.5, 0.6) is 0 Å². The van der Waals surface area contributed by atoms with Gasteiger partial charge in [-0.3, -0.25) is 9.69 Å². The Morgan fingerprint density at radius 3 is 2.46 bits per heavy atom. The normalized spacial score (nSPS) is 24.6. The molecule has 2 aliphatic heterocycles. The van der Waals surface area contributed by atoms with Crippen LogP contribution in [0.1, 0.15) is 12.5 Å². The molecule has 1 aromatic rings. The minimum Gasteiger partial charge on any atom is -0.375 e. The van der Waals surface area contributed by atoms with E-state index in [2.05, 4.69) is 34.5 Å². The molecule has 0 spiro atoms. The molecule has 1 N–H and O–H groups in total. The van der Waals surface area contributed by atoms with Crippen LogP contribution in [0.15, 0.2) is 30.3 Å². The average molecular weight is 376 g/mol. The zero-order valence-corrected chi connectivity index (χ0v) is 15.7. The van der Waals surface area contributed by atoms with Gasteiger partial charge in [-0.15, -0.1) is 24.8 Å². The third-order valence-electron chi connectivity index (χ3n) is 4.52. The first kappa shape index (κ1) is 21.2. The Morgan fingerprint density at radius 1 is 1.17 bits per heavy atom. The van der Waals surface area contributed by atoms with Crippen molar-refractivity contribution in [3.63, 3.8) is 0 Å². The first-order valence-corrected chi connectivity index (χ1v) is 8.14. The molecule has 7 heteroatoms. The van der Waals surface area contributed by atoms with Crippen LogP contribution in [0.4, 0.5) is 0 Å². The first-order chi connectivity index (χ1) is 10.7. The molecule has 1 amide bonds. The fourth-order valence-electron chi connectivity index (χ4n) is 3.17. The number of halogens is 2. The molecule has 2 fully saturated rings. The molecule has 2 saturated heterocycles. The van der Waals surface area contributed by atoms with E-state index in [0.29, 0.717) is 6.61 Å². The number of nitrogens with one attached hydrogen (secondary N) is 1. The summed E-state index contributed by atoms with van der Waals surface area (Å²) in [5, 5.41) is 3.29. The van der Waals surface area contributed by atoms with Crippen molar-refractivity contribution >= 4 is 30.7 Å². The van der Waals surface area contributed by atoms with E-state index in [4.69, 9.17) is 4.74 Å². The lowest BCUT2D eigenvalue weighted by Crippen LogP contribution is -2.59. The molecule has 2 aliphatic rings. The molecule has 0 aromatic heterocycles. The van der Waals surface area contributed by atoms with Gasteiger partial charge < -0.3 is 15.0 Å². The van der Waals surface area contributed by atoms with E-state index in [0.717, 1.165) is 39.3 Å². The number of carbonyl (C=O) groups is 1. The van der Waals surface area contributed by atoms with E-state index in [1.54, 1.807) is 0 Å². The largest absolute Gasteiger partial charge is 0.375 e. The van der Waals surface area contributed by atoms with Gasteiger partial charge >= 0.3 is 0 Å². The monoisotopic (exact) mass is 375 g/mol. The molecule has 0 unspecified atom stereocenters. The molecule has 0 radical (unpaired) electrons. The van der Waals surface area contributed by atoms with Gasteiger partial charge in [0.15, 0.2) is 0 Å². The Bertz CT molecular complexity index is 496. The van der Waals surface area contributed by atoms with E-state index in [9.17, 15) is 4.79 Å². The second-order valence-corrected chi connectivity index (χ2v) is 6.09. The lowest BCUT2D eigenvalue weighted by molar-refractivity contribution is -0.141. The summed E-state index contributed by atoms with van der Waals surface area (Å²) < 4.78 is 5.58. The standard InChI is InChI=1S/C17H25N3O2.2ClH/c1-14-16(18-7-12-22-14)17(21)20-10-8-19(9-11-20)13-15-5-3-2-4-6-15;;/h2-6,14,16,18H,7-13H2,1H3;2*1H/t14-,16+;;/m1../s1. The van der Waals surface area contributed by atoms with Crippen LogP contribution >= 0.6 is 24.8 Å². The minimum atomic E-state index is -0.186. The van der Waals surface area contributed by atoms with Crippen LogP contribution in [-0.2, 0) is 16.1 Å². The van der Waals surface area contributed by atoms with Gasteiger partial charge in [-0.05, 0) is 12.5 Å². The maximum Gasteiger partial charge on any atom is 0.242 e. The summed E-state index contributed by atoms with van der Waals surface area (Å²) in [6.45, 7) is 7.85. The zero-order chi connectivity index (χ0) is 15.4. The van der Waals surface area contributed by atoms with Crippen LogP contribution in [0.25, 0.3) is 0 Å². The first-order valence-electron chi connectivity index (χ1n) is 8.14. The van der Waals surface area contributed by atoms with Crippen LogP contribution in [0.2, 0.25) is 0 Å². The minimum absolute atomic E-state index is 0. The van der Waals surface area contributed by atoms with Gasteiger partial charge in [0.25, 0.3) is 0 Å². The summed E-state index contributed by atoms with van der Waals surface area (Å²) in [5.74, 6) is 0.187. The Labute approximate surface area is 156 Å². The van der Waals surface area contributed by atoms with Crippen molar-refractivity contribution in [2.24, 2.45) is 0 Å². The molecule has 24 heavy (non-hydrogen) atoms. The summed E-state index contributed by atoms with van der Waals surface area (Å²) in [7, 11) is 0. The Kier molecular flexibility index (Phi) is 9.02. The van der Waals surface area contributed by atoms with E-state index in [1.807, 2.05) is 17.9 Å². The maximum absolute atomic E-state index is 12.6. The third kappa shape index (κ3) is 5.33. The number of carbonyl (C=O) groups excluding carboxylic acids is 1. The second-order valence-electron chi connectivity index (χ2n) is 6.09. The number of benzene rings is 1. The molecular formula is C17H27Cl2N3O2. The summed E-state index contributed by atoms with van der Waals surface area (Å²) in [5.41, 5.74) is 1.33. The number of ether oxygens (including phenoxy) is 1. The van der Waals surface area contributed by atoms with Gasteiger partial charge in [-0.2, -0.15) is 0 Å². The highest BCUT2D eigenvalue weighted by atomic mass is 35.5. The van der Waals surface area contributed by atoms with Crippen molar-refractivity contribution < 1.29 is 9.53 Å². The van der Waals surface area contributed by atoms with Crippen molar-refractivity contribution in [3.8, 4) is 0 Å². The molecule has 1 aromatic carbocycles. The quantitative estimate of drug-likeness (QED) is 0.870. The maximum atomic E-state index is 12.6. The van der Waals surface area contributed by atoms with Crippen molar-refractivity contribution in [1.82, 2.24) is 15.1 Å².